The first kappa shape index (κ1) is 9.27. The molecular formula is C10H15N3O. The van der Waals surface area contributed by atoms with Gasteiger partial charge in [-0.2, -0.15) is 0 Å². The van der Waals surface area contributed by atoms with E-state index < -0.39 is 0 Å². The van der Waals surface area contributed by atoms with Gasteiger partial charge in [0.05, 0.1) is 18.1 Å². The van der Waals surface area contributed by atoms with Crippen LogP contribution in [0.1, 0.15) is 6.42 Å². The van der Waals surface area contributed by atoms with E-state index in [4.69, 9.17) is 0 Å². The fourth-order valence-electron chi connectivity index (χ4n) is 1.69. The van der Waals surface area contributed by atoms with Crippen molar-refractivity contribution in [2.45, 2.75) is 6.42 Å². The molecule has 2 rings (SSSR count). The maximum Gasteiger partial charge on any atom is 0.135 e. The Morgan fingerprint density at radius 2 is 2.21 bits per heavy atom. The van der Waals surface area contributed by atoms with Crippen LogP contribution >= 0.6 is 0 Å². The zero-order chi connectivity index (χ0) is 9.80. The van der Waals surface area contributed by atoms with Crippen LogP contribution in [0.2, 0.25) is 0 Å². The highest BCUT2D eigenvalue weighted by Crippen LogP contribution is 2.18. The number of hydrogen-bond acceptors (Lipinski definition) is 4. The van der Waals surface area contributed by atoms with Crippen molar-refractivity contribution in [2.75, 3.05) is 31.1 Å². The van der Waals surface area contributed by atoms with Crippen LogP contribution in [0.4, 0.5) is 5.69 Å². The third-order valence-corrected chi connectivity index (χ3v) is 2.41. The molecule has 76 valence electrons. The molecule has 1 aliphatic rings. The van der Waals surface area contributed by atoms with Gasteiger partial charge in [0.1, 0.15) is 5.75 Å². The first-order chi connectivity index (χ1) is 6.86. The molecule has 0 aromatic carbocycles. The lowest BCUT2D eigenvalue weighted by Gasteiger charge is -2.21. The van der Waals surface area contributed by atoms with Crippen molar-refractivity contribution in [3.8, 4) is 5.75 Å². The lowest BCUT2D eigenvalue weighted by Crippen LogP contribution is -2.27. The van der Waals surface area contributed by atoms with Crippen LogP contribution in [-0.4, -0.2) is 36.3 Å². The van der Waals surface area contributed by atoms with Crippen LogP contribution in [-0.2, 0) is 0 Å². The minimum Gasteiger partial charge on any atom is -0.506 e. The Balaban J connectivity index is 2.12. The molecule has 0 atom stereocenters. The average Bonchev–Trinajstić information content (AvgIpc) is 2.45. The molecule has 14 heavy (non-hydrogen) atoms. The summed E-state index contributed by atoms with van der Waals surface area (Å²) in [5, 5.41) is 12.6. The third kappa shape index (κ3) is 2.14. The Morgan fingerprint density at radius 1 is 1.29 bits per heavy atom. The van der Waals surface area contributed by atoms with Crippen LogP contribution in [0.5, 0.6) is 5.75 Å². The van der Waals surface area contributed by atoms with E-state index in [-0.39, 0.29) is 5.75 Å². The van der Waals surface area contributed by atoms with Gasteiger partial charge in [-0.15, -0.1) is 0 Å². The van der Waals surface area contributed by atoms with Crippen molar-refractivity contribution in [1.82, 2.24) is 10.3 Å². The molecule has 1 aromatic rings. The zero-order valence-electron chi connectivity index (χ0n) is 8.11. The van der Waals surface area contributed by atoms with Gasteiger partial charge in [0.15, 0.2) is 0 Å². The molecule has 0 bridgehead atoms. The minimum atomic E-state index is 0.236. The highest BCUT2D eigenvalue weighted by molar-refractivity contribution is 5.47. The second kappa shape index (κ2) is 4.28. The fraction of sp³-hybridized carbons (Fsp3) is 0.500. The van der Waals surface area contributed by atoms with E-state index in [2.05, 4.69) is 15.2 Å². The van der Waals surface area contributed by atoms with Crippen LogP contribution in [0.25, 0.3) is 0 Å². The Bertz CT molecular complexity index is 295. The topological polar surface area (TPSA) is 48.4 Å². The number of nitrogens with one attached hydrogen (secondary N) is 1. The number of rotatable bonds is 1. The quantitative estimate of drug-likeness (QED) is 0.685. The molecule has 0 saturated carbocycles. The Hall–Kier alpha value is -1.29. The summed E-state index contributed by atoms with van der Waals surface area (Å²) in [7, 11) is 0. The van der Waals surface area contributed by atoms with Crippen molar-refractivity contribution in [1.29, 1.82) is 0 Å². The average molecular weight is 193 g/mol. The summed E-state index contributed by atoms with van der Waals surface area (Å²) in [6.07, 6.45) is 4.39. The lowest BCUT2D eigenvalue weighted by atomic mass is 10.3. The van der Waals surface area contributed by atoms with Gasteiger partial charge in [-0.05, 0) is 13.0 Å². The summed E-state index contributed by atoms with van der Waals surface area (Å²) in [5.41, 5.74) is 1.01. The molecular weight excluding hydrogens is 178 g/mol. The molecule has 0 unspecified atom stereocenters. The summed E-state index contributed by atoms with van der Waals surface area (Å²) < 4.78 is 0. The van der Waals surface area contributed by atoms with Gasteiger partial charge in [0.25, 0.3) is 0 Å². The van der Waals surface area contributed by atoms with E-state index in [1.165, 1.54) is 6.20 Å². The van der Waals surface area contributed by atoms with Crippen molar-refractivity contribution in [3.63, 3.8) is 0 Å². The molecule has 1 fully saturated rings. The standard InChI is InChI=1S/C10H15N3O/c14-10-6-9(7-12-8-10)13-4-1-2-11-3-5-13/h6-8,11,14H,1-5H2. The van der Waals surface area contributed by atoms with Gasteiger partial charge in [0.2, 0.25) is 0 Å². The lowest BCUT2D eigenvalue weighted by molar-refractivity contribution is 0.472. The molecule has 0 radical (unpaired) electrons. The van der Waals surface area contributed by atoms with E-state index in [9.17, 15) is 5.11 Å². The predicted octanol–water partition coefficient (Wildman–Crippen LogP) is 0.587. The second-order valence-electron chi connectivity index (χ2n) is 3.49. The predicted molar refractivity (Wildman–Crippen MR) is 55.6 cm³/mol. The highest BCUT2D eigenvalue weighted by Gasteiger charge is 2.09. The van der Waals surface area contributed by atoms with Gasteiger partial charge in [-0.3, -0.25) is 4.98 Å². The Morgan fingerprint density at radius 3 is 3.07 bits per heavy atom. The highest BCUT2D eigenvalue weighted by atomic mass is 16.3. The smallest absolute Gasteiger partial charge is 0.135 e. The van der Waals surface area contributed by atoms with E-state index in [0.29, 0.717) is 0 Å². The van der Waals surface area contributed by atoms with Crippen LogP contribution < -0.4 is 10.2 Å². The number of anilines is 1. The van der Waals surface area contributed by atoms with E-state index >= 15 is 0 Å². The van der Waals surface area contributed by atoms with Crippen molar-refractivity contribution in [2.24, 2.45) is 0 Å². The van der Waals surface area contributed by atoms with Gasteiger partial charge in [-0.1, -0.05) is 0 Å². The van der Waals surface area contributed by atoms with Crippen LogP contribution in [0.3, 0.4) is 0 Å². The first-order valence-corrected chi connectivity index (χ1v) is 4.96. The minimum absolute atomic E-state index is 0.236. The van der Waals surface area contributed by atoms with Gasteiger partial charge < -0.3 is 15.3 Å². The van der Waals surface area contributed by atoms with Crippen LogP contribution in [0.15, 0.2) is 18.5 Å². The summed E-state index contributed by atoms with van der Waals surface area (Å²) in [5.74, 6) is 0.236. The number of pyridine rings is 1. The van der Waals surface area contributed by atoms with Crippen molar-refractivity contribution >= 4 is 5.69 Å². The largest absolute Gasteiger partial charge is 0.506 e. The fourth-order valence-corrected chi connectivity index (χ4v) is 1.69. The van der Waals surface area contributed by atoms with Crippen molar-refractivity contribution < 1.29 is 5.11 Å². The van der Waals surface area contributed by atoms with E-state index in [0.717, 1.165) is 38.3 Å². The van der Waals surface area contributed by atoms with Gasteiger partial charge >= 0.3 is 0 Å². The monoisotopic (exact) mass is 193 g/mol. The maximum atomic E-state index is 9.31. The zero-order valence-corrected chi connectivity index (χ0v) is 8.11. The molecule has 0 spiro atoms. The maximum absolute atomic E-state index is 9.31. The van der Waals surface area contributed by atoms with Crippen molar-refractivity contribution in [3.05, 3.63) is 18.5 Å². The first-order valence-electron chi connectivity index (χ1n) is 4.96. The molecule has 0 aliphatic carbocycles. The second-order valence-corrected chi connectivity index (χ2v) is 3.49. The molecule has 1 aliphatic heterocycles. The normalized spacial score (nSPS) is 17.9. The molecule has 2 heterocycles. The Kier molecular flexibility index (Phi) is 2.84. The van der Waals surface area contributed by atoms with Gasteiger partial charge in [-0.25, -0.2) is 0 Å². The number of nitrogens with zero attached hydrogens (tertiary/aromatic N) is 2. The molecule has 0 amide bonds. The Labute approximate surface area is 83.6 Å². The molecule has 1 aromatic heterocycles. The summed E-state index contributed by atoms with van der Waals surface area (Å²) in [6.45, 7) is 4.07. The number of aromatic nitrogens is 1. The summed E-state index contributed by atoms with van der Waals surface area (Å²) in [4.78, 5) is 6.22. The summed E-state index contributed by atoms with van der Waals surface area (Å²) >= 11 is 0. The van der Waals surface area contributed by atoms with E-state index in [1.807, 2.05) is 0 Å². The molecule has 4 nitrogen and oxygen atoms in total. The SMILES string of the molecule is Oc1cncc(N2CCCNCC2)c1. The molecule has 1 saturated heterocycles. The van der Waals surface area contributed by atoms with Crippen LogP contribution in [0, 0.1) is 0 Å². The van der Waals surface area contributed by atoms with E-state index in [1.54, 1.807) is 12.3 Å². The molecule has 2 N–H and O–H groups in total. The van der Waals surface area contributed by atoms with Gasteiger partial charge in [0, 0.05) is 25.7 Å². The third-order valence-electron chi connectivity index (χ3n) is 2.41. The number of aromatic hydroxyl groups is 1. The molecule has 4 heteroatoms. The number of hydrogen-bond donors (Lipinski definition) is 2. The summed E-state index contributed by atoms with van der Waals surface area (Å²) in [6, 6.07) is 1.76.